The lowest BCUT2D eigenvalue weighted by Gasteiger charge is -2.11. The van der Waals surface area contributed by atoms with Crippen molar-refractivity contribution in [2.45, 2.75) is 46.8 Å². The first-order valence-electron chi connectivity index (χ1n) is 6.32. The molecule has 0 radical (unpaired) electrons. The van der Waals surface area contributed by atoms with Crippen molar-refractivity contribution in [2.75, 3.05) is 13.2 Å². The molecular weight excluding hydrogens is 232 g/mol. The molecule has 1 amide bonds. The quantitative estimate of drug-likeness (QED) is 0.732. The van der Waals surface area contributed by atoms with Gasteiger partial charge in [0, 0.05) is 19.7 Å². The summed E-state index contributed by atoms with van der Waals surface area (Å²) >= 11 is 0. The molecule has 0 spiro atoms. The van der Waals surface area contributed by atoms with Crippen LogP contribution in [0.25, 0.3) is 0 Å². The van der Waals surface area contributed by atoms with E-state index in [4.69, 9.17) is 4.74 Å². The third kappa shape index (κ3) is 4.44. The van der Waals surface area contributed by atoms with Gasteiger partial charge in [0.15, 0.2) is 0 Å². The Bertz CT molecular complexity index is 389. The van der Waals surface area contributed by atoms with Crippen molar-refractivity contribution < 1.29 is 9.53 Å². The number of hydrogen-bond acceptors (Lipinski definition) is 4. The summed E-state index contributed by atoms with van der Waals surface area (Å²) in [6.45, 7) is 9.35. The Morgan fingerprint density at radius 3 is 2.78 bits per heavy atom. The summed E-state index contributed by atoms with van der Waals surface area (Å²) in [7, 11) is 0. The minimum Gasteiger partial charge on any atom is -0.369 e. The molecule has 0 aliphatic carbocycles. The second kappa shape index (κ2) is 7.10. The highest BCUT2D eigenvalue weighted by Crippen LogP contribution is 1.97. The molecule has 0 aliphatic heterocycles. The number of ether oxygens (including phenoxy) is 1. The van der Waals surface area contributed by atoms with Gasteiger partial charge >= 0.3 is 0 Å². The highest BCUT2D eigenvalue weighted by Gasteiger charge is 2.11. The van der Waals surface area contributed by atoms with E-state index >= 15 is 0 Å². The van der Waals surface area contributed by atoms with Crippen LogP contribution < -0.4 is 5.32 Å². The van der Waals surface area contributed by atoms with Crippen LogP contribution in [0, 0.1) is 13.8 Å². The van der Waals surface area contributed by atoms with E-state index in [-0.39, 0.29) is 12.0 Å². The number of nitrogens with zero attached hydrogens (tertiary/aromatic N) is 3. The standard InChI is InChI=1S/C12H22N4O2/c1-5-18-9(2)12(17)13-7-6-8-16-11(4)14-10(3)15-16/h9H,5-8H2,1-4H3,(H,13,17)/t9-/m0/s1. The fourth-order valence-electron chi connectivity index (χ4n) is 1.68. The molecular formula is C12H22N4O2. The normalized spacial score (nSPS) is 12.4. The van der Waals surface area contributed by atoms with Crippen LogP contribution in [-0.4, -0.2) is 39.9 Å². The van der Waals surface area contributed by atoms with E-state index < -0.39 is 0 Å². The van der Waals surface area contributed by atoms with E-state index in [9.17, 15) is 4.79 Å². The third-order valence-corrected chi connectivity index (χ3v) is 2.59. The summed E-state index contributed by atoms with van der Waals surface area (Å²) in [5, 5.41) is 7.10. The zero-order chi connectivity index (χ0) is 13.5. The number of nitrogens with one attached hydrogen (secondary N) is 1. The van der Waals surface area contributed by atoms with Crippen molar-refractivity contribution in [3.63, 3.8) is 0 Å². The largest absolute Gasteiger partial charge is 0.369 e. The van der Waals surface area contributed by atoms with Gasteiger partial charge in [-0.15, -0.1) is 0 Å². The van der Waals surface area contributed by atoms with Gasteiger partial charge in [-0.25, -0.2) is 4.98 Å². The molecule has 1 atom stereocenters. The molecule has 6 heteroatoms. The molecule has 1 rings (SSSR count). The number of carbonyl (C=O) groups excluding carboxylic acids is 1. The van der Waals surface area contributed by atoms with Crippen LogP contribution in [0.4, 0.5) is 0 Å². The molecule has 6 nitrogen and oxygen atoms in total. The predicted octanol–water partition coefficient (Wildman–Crippen LogP) is 0.826. The SMILES string of the molecule is CCO[C@@H](C)C(=O)NCCCn1nc(C)nc1C. The summed E-state index contributed by atoms with van der Waals surface area (Å²) in [5.41, 5.74) is 0. The first-order chi connectivity index (χ1) is 8.54. The molecule has 0 bridgehead atoms. The minimum absolute atomic E-state index is 0.0663. The summed E-state index contributed by atoms with van der Waals surface area (Å²) in [6.07, 6.45) is 0.444. The molecule has 1 aromatic heterocycles. The van der Waals surface area contributed by atoms with E-state index in [1.54, 1.807) is 6.92 Å². The zero-order valence-electron chi connectivity index (χ0n) is 11.6. The molecule has 0 unspecified atom stereocenters. The number of carbonyl (C=O) groups is 1. The Kier molecular flexibility index (Phi) is 5.77. The maximum absolute atomic E-state index is 11.5. The van der Waals surface area contributed by atoms with Crippen LogP contribution in [0.1, 0.15) is 31.9 Å². The van der Waals surface area contributed by atoms with Gasteiger partial charge in [-0.1, -0.05) is 0 Å². The Balaban J connectivity index is 2.23. The monoisotopic (exact) mass is 254 g/mol. The van der Waals surface area contributed by atoms with Gasteiger partial charge in [-0.3, -0.25) is 9.48 Å². The lowest BCUT2D eigenvalue weighted by atomic mass is 10.3. The topological polar surface area (TPSA) is 69.0 Å². The van der Waals surface area contributed by atoms with E-state index in [1.807, 2.05) is 25.5 Å². The van der Waals surface area contributed by atoms with Crippen LogP contribution in [0.2, 0.25) is 0 Å². The number of aryl methyl sites for hydroxylation is 3. The van der Waals surface area contributed by atoms with Crippen LogP contribution in [0.3, 0.4) is 0 Å². The summed E-state index contributed by atoms with van der Waals surface area (Å²) in [6, 6.07) is 0. The Labute approximate surface area is 108 Å². The molecule has 1 aromatic rings. The molecule has 0 saturated carbocycles. The maximum Gasteiger partial charge on any atom is 0.248 e. The van der Waals surface area contributed by atoms with Crippen molar-refractivity contribution >= 4 is 5.91 Å². The maximum atomic E-state index is 11.5. The van der Waals surface area contributed by atoms with E-state index in [0.717, 1.165) is 24.6 Å². The second-order valence-electron chi connectivity index (χ2n) is 4.17. The smallest absolute Gasteiger partial charge is 0.248 e. The Morgan fingerprint density at radius 2 is 2.22 bits per heavy atom. The molecule has 1 heterocycles. The number of aromatic nitrogens is 3. The fraction of sp³-hybridized carbons (Fsp3) is 0.750. The van der Waals surface area contributed by atoms with E-state index in [1.165, 1.54) is 0 Å². The lowest BCUT2D eigenvalue weighted by molar-refractivity contribution is -0.131. The molecule has 1 N–H and O–H groups in total. The summed E-state index contributed by atoms with van der Waals surface area (Å²) in [5.74, 6) is 1.62. The number of rotatable bonds is 7. The molecule has 102 valence electrons. The van der Waals surface area contributed by atoms with Crippen molar-refractivity contribution in [1.82, 2.24) is 20.1 Å². The zero-order valence-corrected chi connectivity index (χ0v) is 11.6. The highest BCUT2D eigenvalue weighted by molar-refractivity contribution is 5.80. The van der Waals surface area contributed by atoms with Gasteiger partial charge in [0.1, 0.15) is 17.8 Å². The van der Waals surface area contributed by atoms with Gasteiger partial charge < -0.3 is 10.1 Å². The lowest BCUT2D eigenvalue weighted by Crippen LogP contribution is -2.35. The van der Waals surface area contributed by atoms with Crippen LogP contribution in [-0.2, 0) is 16.1 Å². The van der Waals surface area contributed by atoms with Gasteiger partial charge in [0.05, 0.1) is 0 Å². The van der Waals surface area contributed by atoms with Gasteiger partial charge in [0.25, 0.3) is 0 Å². The van der Waals surface area contributed by atoms with Crippen molar-refractivity contribution in [2.24, 2.45) is 0 Å². The van der Waals surface area contributed by atoms with Gasteiger partial charge in [-0.05, 0) is 34.1 Å². The van der Waals surface area contributed by atoms with Crippen molar-refractivity contribution in [3.8, 4) is 0 Å². The van der Waals surface area contributed by atoms with Gasteiger partial charge in [-0.2, -0.15) is 5.10 Å². The number of hydrogen-bond donors (Lipinski definition) is 1. The summed E-state index contributed by atoms with van der Waals surface area (Å²) < 4.78 is 7.06. The van der Waals surface area contributed by atoms with Crippen LogP contribution in [0.15, 0.2) is 0 Å². The summed E-state index contributed by atoms with van der Waals surface area (Å²) in [4.78, 5) is 15.8. The highest BCUT2D eigenvalue weighted by atomic mass is 16.5. The van der Waals surface area contributed by atoms with Crippen LogP contribution >= 0.6 is 0 Å². The second-order valence-corrected chi connectivity index (χ2v) is 4.17. The third-order valence-electron chi connectivity index (χ3n) is 2.59. The molecule has 0 saturated heterocycles. The fourth-order valence-corrected chi connectivity index (χ4v) is 1.68. The first-order valence-corrected chi connectivity index (χ1v) is 6.32. The minimum atomic E-state index is -0.384. The molecule has 0 aromatic carbocycles. The van der Waals surface area contributed by atoms with E-state index in [0.29, 0.717) is 13.2 Å². The predicted molar refractivity (Wildman–Crippen MR) is 68.2 cm³/mol. The Hall–Kier alpha value is -1.43. The average molecular weight is 254 g/mol. The Morgan fingerprint density at radius 1 is 1.50 bits per heavy atom. The molecule has 0 aliphatic rings. The first kappa shape index (κ1) is 14.6. The molecule has 0 fully saturated rings. The average Bonchev–Trinajstić information content (AvgIpc) is 2.63. The van der Waals surface area contributed by atoms with E-state index in [2.05, 4.69) is 15.4 Å². The van der Waals surface area contributed by atoms with Gasteiger partial charge in [0.2, 0.25) is 5.91 Å². The van der Waals surface area contributed by atoms with Crippen molar-refractivity contribution in [1.29, 1.82) is 0 Å². The number of amides is 1. The molecule has 18 heavy (non-hydrogen) atoms. The van der Waals surface area contributed by atoms with Crippen LogP contribution in [0.5, 0.6) is 0 Å². The van der Waals surface area contributed by atoms with Crippen molar-refractivity contribution in [3.05, 3.63) is 11.6 Å².